The molecular formula is C10H17FN2O5S. The Labute approximate surface area is 113 Å². The Balaban J connectivity index is 1.91. The van der Waals surface area contributed by atoms with E-state index in [-0.39, 0.29) is 11.6 Å². The van der Waals surface area contributed by atoms with Crippen LogP contribution in [0.15, 0.2) is 5.21 Å². The van der Waals surface area contributed by atoms with Gasteiger partial charge in [0.15, 0.2) is 5.17 Å². The second-order valence-electron chi connectivity index (χ2n) is 4.62. The van der Waals surface area contributed by atoms with Gasteiger partial charge in [-0.3, -0.25) is 0 Å². The normalized spacial score (nSPS) is 37.3. The van der Waals surface area contributed by atoms with E-state index in [4.69, 9.17) is 14.9 Å². The average molecular weight is 296 g/mol. The third kappa shape index (κ3) is 3.36. The number of hydrogen-bond donors (Lipinski definition) is 4. The van der Waals surface area contributed by atoms with Crippen LogP contribution in [0, 0.1) is 0 Å². The van der Waals surface area contributed by atoms with E-state index < -0.39 is 36.5 Å². The number of aliphatic hydroxyl groups is 4. The number of likely N-dealkylation sites (tertiary alicyclic amines) is 1. The van der Waals surface area contributed by atoms with Crippen LogP contribution in [0.25, 0.3) is 0 Å². The Morgan fingerprint density at radius 2 is 2.05 bits per heavy atom. The highest BCUT2D eigenvalue weighted by Gasteiger charge is 2.38. The van der Waals surface area contributed by atoms with Gasteiger partial charge in [-0.25, -0.2) is 0 Å². The number of amidine groups is 1. The fourth-order valence-electron chi connectivity index (χ4n) is 2.02. The van der Waals surface area contributed by atoms with Crippen LogP contribution >= 0.6 is 11.8 Å². The van der Waals surface area contributed by atoms with Gasteiger partial charge in [0, 0.05) is 19.5 Å². The monoisotopic (exact) mass is 296 g/mol. The smallest absolute Gasteiger partial charge is 0.198 e. The lowest BCUT2D eigenvalue weighted by molar-refractivity contribution is -0.156. The highest BCUT2D eigenvalue weighted by atomic mass is 32.2. The van der Waals surface area contributed by atoms with Gasteiger partial charge >= 0.3 is 0 Å². The van der Waals surface area contributed by atoms with E-state index in [0.29, 0.717) is 13.1 Å². The summed E-state index contributed by atoms with van der Waals surface area (Å²) in [6, 6.07) is 0. The number of aliphatic hydroxyl groups excluding tert-OH is 4. The third-order valence-electron chi connectivity index (χ3n) is 3.16. The summed E-state index contributed by atoms with van der Waals surface area (Å²) in [6.45, 7) is 0.175. The minimum absolute atomic E-state index is 0.0654. The molecule has 2 fully saturated rings. The van der Waals surface area contributed by atoms with Gasteiger partial charge in [0.25, 0.3) is 0 Å². The lowest BCUT2D eigenvalue weighted by atomic mass is 10.0. The maximum absolute atomic E-state index is 12.6. The molecule has 9 heteroatoms. The van der Waals surface area contributed by atoms with E-state index in [1.54, 1.807) is 4.90 Å². The fraction of sp³-hybridized carbons (Fsp3) is 0.900. The lowest BCUT2D eigenvalue weighted by Crippen LogP contribution is -2.54. The summed E-state index contributed by atoms with van der Waals surface area (Å²) in [5.41, 5.74) is -0.609. The van der Waals surface area contributed by atoms with E-state index in [0.717, 1.165) is 11.8 Å². The number of halogens is 1. The molecule has 19 heavy (non-hydrogen) atoms. The van der Waals surface area contributed by atoms with Crippen molar-refractivity contribution in [2.24, 2.45) is 5.21 Å². The molecule has 2 aliphatic heterocycles. The molecule has 0 aromatic rings. The third-order valence-corrected chi connectivity index (χ3v) is 4.26. The van der Waals surface area contributed by atoms with Gasteiger partial charge in [0.1, 0.15) is 17.6 Å². The van der Waals surface area contributed by atoms with Crippen molar-refractivity contribution in [3.63, 3.8) is 0 Å². The molecule has 7 nitrogen and oxygen atoms in total. The van der Waals surface area contributed by atoms with Crippen LogP contribution in [0.4, 0.5) is 4.48 Å². The maximum Gasteiger partial charge on any atom is 0.198 e. The molecule has 0 aromatic heterocycles. The molecule has 0 unspecified atom stereocenters. The van der Waals surface area contributed by atoms with Gasteiger partial charge in [0.2, 0.25) is 0 Å². The average Bonchev–Trinajstić information content (AvgIpc) is 2.36. The summed E-state index contributed by atoms with van der Waals surface area (Å²) < 4.78 is 18.0. The summed E-state index contributed by atoms with van der Waals surface area (Å²) in [7, 11) is 0. The molecule has 2 aliphatic rings. The number of thioether (sulfide) groups is 1. The van der Waals surface area contributed by atoms with Crippen LogP contribution in [-0.4, -0.2) is 80.0 Å². The molecule has 2 saturated heterocycles. The molecule has 0 bridgehead atoms. The number of hydrogen-bond acceptors (Lipinski definition) is 7. The quantitative estimate of drug-likeness (QED) is 0.362. The van der Waals surface area contributed by atoms with Gasteiger partial charge in [0.05, 0.1) is 18.8 Å². The van der Waals surface area contributed by atoms with Crippen molar-refractivity contribution < 1.29 is 29.6 Å². The zero-order chi connectivity index (χ0) is 14.0. The highest BCUT2D eigenvalue weighted by Crippen LogP contribution is 2.30. The van der Waals surface area contributed by atoms with Gasteiger partial charge in [-0.15, -0.1) is 0 Å². The molecule has 0 saturated carbocycles. The minimum Gasteiger partial charge on any atom is -0.394 e. The number of ether oxygens (including phenoxy) is 1. The standard InChI is InChI=1S/C10H17FN2O5S/c11-12-10(13-2-5(15)3-13)19-8-1-6(16)9(17)7(4-14)18-8/h5-9,14-17H,1-4H2/t6-,7-,8-,9+/m1/s1. The number of nitrogens with zero attached hydrogens (tertiary/aromatic N) is 2. The van der Waals surface area contributed by atoms with E-state index in [1.807, 2.05) is 0 Å². The molecule has 4 N–H and O–H groups in total. The Kier molecular flexibility index (Phi) is 4.98. The first-order valence-corrected chi connectivity index (χ1v) is 6.84. The van der Waals surface area contributed by atoms with Crippen molar-refractivity contribution in [3.05, 3.63) is 0 Å². The predicted molar refractivity (Wildman–Crippen MR) is 66.1 cm³/mol. The summed E-state index contributed by atoms with van der Waals surface area (Å²) in [4.78, 5) is 1.55. The number of β-amino-alcohol motifs (C(OH)–C–C–N with tert-alkyl or cyclic N) is 1. The second-order valence-corrected chi connectivity index (χ2v) is 5.75. The van der Waals surface area contributed by atoms with Gasteiger partial charge in [-0.2, -0.15) is 0 Å². The summed E-state index contributed by atoms with van der Waals surface area (Å²) in [5.74, 6) is 0. The van der Waals surface area contributed by atoms with Crippen LogP contribution in [0.1, 0.15) is 6.42 Å². The Morgan fingerprint density at radius 3 is 2.58 bits per heavy atom. The van der Waals surface area contributed by atoms with E-state index in [1.165, 1.54) is 0 Å². The van der Waals surface area contributed by atoms with Crippen LogP contribution in [0.3, 0.4) is 0 Å². The Bertz CT molecular complexity index is 342. The van der Waals surface area contributed by atoms with Crippen molar-refractivity contribution in [1.82, 2.24) is 4.90 Å². The molecule has 2 heterocycles. The van der Waals surface area contributed by atoms with Crippen molar-refractivity contribution in [2.75, 3.05) is 19.7 Å². The molecule has 0 amide bonds. The van der Waals surface area contributed by atoms with E-state index in [9.17, 15) is 14.7 Å². The molecule has 0 aliphatic carbocycles. The van der Waals surface area contributed by atoms with Crippen molar-refractivity contribution in [1.29, 1.82) is 0 Å². The Hall–Kier alpha value is -0.450. The van der Waals surface area contributed by atoms with E-state index in [2.05, 4.69) is 5.21 Å². The first-order chi connectivity index (χ1) is 9.05. The first kappa shape index (κ1) is 14.9. The molecule has 4 atom stereocenters. The molecule has 0 radical (unpaired) electrons. The Morgan fingerprint density at radius 1 is 1.37 bits per heavy atom. The second kappa shape index (κ2) is 6.33. The summed E-state index contributed by atoms with van der Waals surface area (Å²) in [5, 5.41) is 40.1. The zero-order valence-electron chi connectivity index (χ0n) is 10.1. The summed E-state index contributed by atoms with van der Waals surface area (Å²) in [6.07, 6.45) is -3.46. The highest BCUT2D eigenvalue weighted by molar-refractivity contribution is 8.14. The van der Waals surface area contributed by atoms with Crippen molar-refractivity contribution >= 4 is 16.9 Å². The van der Waals surface area contributed by atoms with Crippen LogP contribution in [0.2, 0.25) is 0 Å². The van der Waals surface area contributed by atoms with Crippen molar-refractivity contribution in [3.8, 4) is 0 Å². The summed E-state index contributed by atoms with van der Waals surface area (Å²) >= 11 is 0.962. The zero-order valence-corrected chi connectivity index (χ0v) is 10.9. The molecule has 2 rings (SSSR count). The van der Waals surface area contributed by atoms with Gasteiger partial charge in [-0.05, 0) is 0 Å². The first-order valence-electron chi connectivity index (χ1n) is 5.96. The van der Waals surface area contributed by atoms with Gasteiger partial charge in [-0.1, -0.05) is 21.5 Å². The lowest BCUT2D eigenvalue weighted by Gasteiger charge is -2.40. The largest absolute Gasteiger partial charge is 0.394 e. The van der Waals surface area contributed by atoms with Crippen molar-refractivity contribution in [2.45, 2.75) is 36.3 Å². The van der Waals surface area contributed by atoms with E-state index >= 15 is 0 Å². The fourth-order valence-corrected chi connectivity index (χ4v) is 3.08. The molecule has 110 valence electrons. The molecule has 0 aromatic carbocycles. The van der Waals surface area contributed by atoms with Crippen LogP contribution in [-0.2, 0) is 4.74 Å². The topological polar surface area (TPSA) is 106 Å². The SMILES string of the molecule is OC[C@H]1O[C@H](SC(=NF)N2CC(O)C2)C[C@@H](O)[C@@H]1O. The van der Waals surface area contributed by atoms with Crippen LogP contribution in [0.5, 0.6) is 0 Å². The maximum atomic E-state index is 12.6. The molecule has 0 spiro atoms. The number of rotatable bonds is 2. The predicted octanol–water partition coefficient (Wildman–Crippen LogP) is -1.53. The minimum atomic E-state index is -1.15. The molecular weight excluding hydrogens is 279 g/mol. The van der Waals surface area contributed by atoms with Crippen LogP contribution < -0.4 is 0 Å². The van der Waals surface area contributed by atoms with Gasteiger partial charge < -0.3 is 30.1 Å².